The van der Waals surface area contributed by atoms with Crippen molar-refractivity contribution in [2.75, 3.05) is 5.43 Å². The van der Waals surface area contributed by atoms with Crippen LogP contribution in [-0.4, -0.2) is 9.97 Å². The molecule has 2 rings (SSSR count). The Morgan fingerprint density at radius 3 is 2.58 bits per heavy atom. The Hall–Kier alpha value is -2.01. The number of nitrogens with zero attached hydrogens (tertiary/aromatic N) is 2. The lowest BCUT2D eigenvalue weighted by Gasteiger charge is -2.11. The number of hydrogen-bond donors (Lipinski definition) is 2. The number of nitrogens with two attached hydrogens (primary N) is 1. The summed E-state index contributed by atoms with van der Waals surface area (Å²) in [5, 5.41) is 0. The van der Waals surface area contributed by atoms with Crippen molar-refractivity contribution >= 4 is 5.82 Å². The number of nitrogen functional groups attached to an aromatic ring is 1. The summed E-state index contributed by atoms with van der Waals surface area (Å²) >= 11 is 0. The lowest BCUT2D eigenvalue weighted by Crippen LogP contribution is -2.13. The molecule has 0 saturated carbocycles. The molecule has 1 aromatic heterocycles. The molecule has 100 valence electrons. The van der Waals surface area contributed by atoms with Crippen molar-refractivity contribution in [2.24, 2.45) is 5.84 Å². The molecule has 0 fully saturated rings. The first kappa shape index (κ1) is 13.4. The van der Waals surface area contributed by atoms with E-state index in [1.54, 1.807) is 19.1 Å². The predicted molar refractivity (Wildman–Crippen MR) is 74.1 cm³/mol. The summed E-state index contributed by atoms with van der Waals surface area (Å²) < 4.78 is 13.3. The average molecular weight is 260 g/mol. The van der Waals surface area contributed by atoms with E-state index in [4.69, 9.17) is 5.84 Å². The molecule has 0 aliphatic carbocycles. The maximum absolute atomic E-state index is 13.3. The number of hydrogen-bond acceptors (Lipinski definition) is 4. The van der Waals surface area contributed by atoms with Crippen LogP contribution in [0.1, 0.15) is 23.7 Å². The third-order valence-corrected chi connectivity index (χ3v) is 3.12. The zero-order chi connectivity index (χ0) is 14.0. The van der Waals surface area contributed by atoms with Gasteiger partial charge in [0, 0.05) is 16.8 Å². The van der Waals surface area contributed by atoms with Gasteiger partial charge in [-0.3, -0.25) is 0 Å². The van der Waals surface area contributed by atoms with Crippen molar-refractivity contribution in [1.29, 1.82) is 0 Å². The molecule has 5 heteroatoms. The highest BCUT2D eigenvalue weighted by molar-refractivity contribution is 5.60. The van der Waals surface area contributed by atoms with Crippen molar-refractivity contribution < 1.29 is 4.39 Å². The number of benzene rings is 1. The van der Waals surface area contributed by atoms with Gasteiger partial charge in [0.05, 0.1) is 0 Å². The number of halogens is 1. The normalized spacial score (nSPS) is 10.6. The zero-order valence-electron chi connectivity index (χ0n) is 11.3. The number of aryl methyl sites for hydroxylation is 2. The molecule has 1 heterocycles. The predicted octanol–water partition coefficient (Wildman–Crippen LogP) is 2.75. The van der Waals surface area contributed by atoms with Gasteiger partial charge in [-0.25, -0.2) is 20.2 Å². The smallest absolute Gasteiger partial charge is 0.161 e. The Kier molecular flexibility index (Phi) is 3.76. The first-order valence-corrected chi connectivity index (χ1v) is 6.17. The van der Waals surface area contributed by atoms with E-state index in [1.165, 1.54) is 6.07 Å². The van der Waals surface area contributed by atoms with Crippen LogP contribution in [0.5, 0.6) is 0 Å². The molecular formula is C14H17FN4. The first-order chi connectivity index (χ1) is 9.06. The number of nitrogens with one attached hydrogen (secondary N) is 1. The van der Waals surface area contributed by atoms with Gasteiger partial charge in [0.2, 0.25) is 0 Å². The minimum Gasteiger partial charge on any atom is -0.308 e. The summed E-state index contributed by atoms with van der Waals surface area (Å²) in [4.78, 5) is 8.86. The number of anilines is 1. The van der Waals surface area contributed by atoms with Crippen LogP contribution in [0.4, 0.5) is 10.2 Å². The van der Waals surface area contributed by atoms with E-state index >= 15 is 0 Å². The van der Waals surface area contributed by atoms with Gasteiger partial charge < -0.3 is 5.43 Å². The van der Waals surface area contributed by atoms with Gasteiger partial charge in [-0.15, -0.1) is 0 Å². The summed E-state index contributed by atoms with van der Waals surface area (Å²) in [5.74, 6) is 6.43. The molecule has 2 aromatic rings. The van der Waals surface area contributed by atoms with Gasteiger partial charge in [-0.2, -0.15) is 0 Å². The molecule has 0 aliphatic rings. The molecule has 0 radical (unpaired) electrons. The van der Waals surface area contributed by atoms with Gasteiger partial charge in [0.15, 0.2) is 5.82 Å². The van der Waals surface area contributed by atoms with Crippen LogP contribution in [0.25, 0.3) is 11.4 Å². The number of hydrazine groups is 1. The number of rotatable bonds is 3. The molecule has 4 nitrogen and oxygen atoms in total. The van der Waals surface area contributed by atoms with E-state index in [9.17, 15) is 4.39 Å². The van der Waals surface area contributed by atoms with E-state index in [2.05, 4.69) is 15.4 Å². The SMILES string of the molecule is CCc1c(C)nc(-c2ccc(F)c(C)c2)nc1NN. The maximum atomic E-state index is 13.3. The zero-order valence-corrected chi connectivity index (χ0v) is 11.3. The Balaban J connectivity index is 2.56. The topological polar surface area (TPSA) is 63.8 Å². The van der Waals surface area contributed by atoms with Crippen molar-refractivity contribution in [3.8, 4) is 11.4 Å². The molecule has 0 bridgehead atoms. The van der Waals surface area contributed by atoms with Crippen molar-refractivity contribution in [1.82, 2.24) is 9.97 Å². The summed E-state index contributed by atoms with van der Waals surface area (Å²) in [6.07, 6.45) is 0.800. The number of aromatic nitrogens is 2. The molecule has 0 amide bonds. The van der Waals surface area contributed by atoms with Crippen LogP contribution in [0.3, 0.4) is 0 Å². The minimum atomic E-state index is -0.233. The maximum Gasteiger partial charge on any atom is 0.161 e. The lowest BCUT2D eigenvalue weighted by molar-refractivity contribution is 0.618. The lowest BCUT2D eigenvalue weighted by atomic mass is 10.1. The Morgan fingerprint density at radius 1 is 1.26 bits per heavy atom. The molecule has 0 aliphatic heterocycles. The Bertz CT molecular complexity index is 611. The second-order valence-corrected chi connectivity index (χ2v) is 4.42. The van der Waals surface area contributed by atoms with Crippen molar-refractivity contribution in [3.05, 3.63) is 40.8 Å². The molecule has 0 unspecified atom stereocenters. The fourth-order valence-corrected chi connectivity index (χ4v) is 2.05. The average Bonchev–Trinajstić information content (AvgIpc) is 2.40. The van der Waals surface area contributed by atoms with Crippen molar-refractivity contribution in [3.63, 3.8) is 0 Å². The highest BCUT2D eigenvalue weighted by Crippen LogP contribution is 2.23. The monoisotopic (exact) mass is 260 g/mol. The first-order valence-electron chi connectivity index (χ1n) is 6.17. The van der Waals surface area contributed by atoms with Crippen LogP contribution in [0.15, 0.2) is 18.2 Å². The van der Waals surface area contributed by atoms with Crippen LogP contribution >= 0.6 is 0 Å². The minimum absolute atomic E-state index is 0.233. The summed E-state index contributed by atoms with van der Waals surface area (Å²) in [6, 6.07) is 4.83. The van der Waals surface area contributed by atoms with E-state index < -0.39 is 0 Å². The van der Waals surface area contributed by atoms with Crippen LogP contribution < -0.4 is 11.3 Å². The fourth-order valence-electron chi connectivity index (χ4n) is 2.05. The fraction of sp³-hybridized carbons (Fsp3) is 0.286. The second kappa shape index (κ2) is 5.32. The summed E-state index contributed by atoms with van der Waals surface area (Å²) in [5.41, 5.74) is 5.82. The largest absolute Gasteiger partial charge is 0.308 e. The summed E-state index contributed by atoms with van der Waals surface area (Å²) in [6.45, 7) is 5.66. The van der Waals surface area contributed by atoms with Crippen LogP contribution in [-0.2, 0) is 6.42 Å². The Labute approximate surface area is 111 Å². The van der Waals surface area contributed by atoms with Crippen LogP contribution in [0, 0.1) is 19.7 Å². The van der Waals surface area contributed by atoms with E-state index in [1.807, 2.05) is 13.8 Å². The highest BCUT2D eigenvalue weighted by Gasteiger charge is 2.11. The third kappa shape index (κ3) is 2.56. The van der Waals surface area contributed by atoms with Gasteiger partial charge >= 0.3 is 0 Å². The summed E-state index contributed by atoms with van der Waals surface area (Å²) in [7, 11) is 0. The molecular weight excluding hydrogens is 243 g/mol. The third-order valence-electron chi connectivity index (χ3n) is 3.12. The molecule has 19 heavy (non-hydrogen) atoms. The molecule has 1 aromatic carbocycles. The van der Waals surface area contributed by atoms with Crippen LogP contribution in [0.2, 0.25) is 0 Å². The van der Waals surface area contributed by atoms with Gasteiger partial charge in [-0.05, 0) is 44.0 Å². The van der Waals surface area contributed by atoms with Gasteiger partial charge in [0.25, 0.3) is 0 Å². The quantitative estimate of drug-likeness (QED) is 0.658. The molecule has 0 atom stereocenters. The van der Waals surface area contributed by atoms with Gasteiger partial charge in [-0.1, -0.05) is 6.92 Å². The molecule has 0 saturated heterocycles. The Morgan fingerprint density at radius 2 is 2.00 bits per heavy atom. The van der Waals surface area contributed by atoms with E-state index in [-0.39, 0.29) is 5.82 Å². The standard InChI is InChI=1S/C14H17FN4/c1-4-11-9(3)17-13(18-14(11)19-16)10-5-6-12(15)8(2)7-10/h5-7H,4,16H2,1-3H3,(H,17,18,19). The molecule has 0 spiro atoms. The van der Waals surface area contributed by atoms with Crippen molar-refractivity contribution in [2.45, 2.75) is 27.2 Å². The molecule has 3 N–H and O–H groups in total. The highest BCUT2D eigenvalue weighted by atomic mass is 19.1. The van der Waals surface area contributed by atoms with E-state index in [0.717, 1.165) is 23.2 Å². The van der Waals surface area contributed by atoms with E-state index in [0.29, 0.717) is 17.2 Å². The van der Waals surface area contributed by atoms with Gasteiger partial charge in [0.1, 0.15) is 11.6 Å². The second-order valence-electron chi connectivity index (χ2n) is 4.42.